The van der Waals surface area contributed by atoms with Crippen LogP contribution in [0.4, 0.5) is 24.5 Å². The third-order valence-electron chi connectivity index (χ3n) is 5.67. The van der Waals surface area contributed by atoms with Gasteiger partial charge in [0.15, 0.2) is 0 Å². The van der Waals surface area contributed by atoms with Crippen LogP contribution < -0.4 is 9.44 Å². The van der Waals surface area contributed by atoms with E-state index in [-0.39, 0.29) is 19.8 Å². The van der Waals surface area contributed by atoms with Crippen LogP contribution in [0.3, 0.4) is 0 Å². The number of thiophene rings is 2. The molecule has 0 bridgehead atoms. The van der Waals surface area contributed by atoms with E-state index >= 15 is 0 Å². The molecule has 2 aromatic heterocycles. The summed E-state index contributed by atoms with van der Waals surface area (Å²) in [7, 11) is -8.56. The molecule has 0 radical (unpaired) electrons. The second kappa shape index (κ2) is 9.01. The van der Waals surface area contributed by atoms with Crippen LogP contribution in [0.1, 0.15) is 11.1 Å². The third kappa shape index (κ3) is 4.67. The summed E-state index contributed by atoms with van der Waals surface area (Å²) in [5.74, 6) is -1.84. The highest BCUT2D eigenvalue weighted by Crippen LogP contribution is 2.38. The number of halogens is 3. The van der Waals surface area contributed by atoms with Gasteiger partial charge in [0, 0.05) is 15.5 Å². The van der Waals surface area contributed by atoms with Gasteiger partial charge in [0.2, 0.25) is 0 Å². The van der Waals surface area contributed by atoms with Crippen LogP contribution in [0.2, 0.25) is 0 Å². The van der Waals surface area contributed by atoms with Gasteiger partial charge in [-0.25, -0.2) is 30.0 Å². The van der Waals surface area contributed by atoms with Gasteiger partial charge in [-0.15, -0.1) is 22.7 Å². The topological polar surface area (TPSA) is 92.3 Å². The Balaban J connectivity index is 1.54. The molecule has 0 aliphatic heterocycles. The quantitative estimate of drug-likeness (QED) is 0.232. The SMILES string of the molecule is Cc1c(S(=O)(=O)Nc2ccc(F)cc2NS(=O)(=O)c2sc3ccc(F)cc3c2C)sc2ccc(F)cc12. The summed E-state index contributed by atoms with van der Waals surface area (Å²) >= 11 is 1.83. The molecule has 0 saturated heterocycles. The van der Waals surface area contributed by atoms with E-state index in [1.165, 1.54) is 50.2 Å². The zero-order chi connectivity index (χ0) is 26.7. The molecule has 13 heteroatoms. The number of rotatable bonds is 6. The zero-order valence-electron chi connectivity index (χ0n) is 19.1. The molecule has 2 heterocycles. The highest BCUT2D eigenvalue weighted by Gasteiger charge is 2.26. The molecule has 0 aliphatic rings. The number of hydrogen-bond donors (Lipinski definition) is 2. The Hall–Kier alpha value is -3.13. The molecule has 3 aromatic carbocycles. The lowest BCUT2D eigenvalue weighted by molar-refractivity contribution is 0.600. The molecule has 2 N–H and O–H groups in total. The number of hydrogen-bond acceptors (Lipinski definition) is 6. The summed E-state index contributed by atoms with van der Waals surface area (Å²) in [6.45, 7) is 3.06. The van der Waals surface area contributed by atoms with Crippen LogP contribution in [0.5, 0.6) is 0 Å². The fourth-order valence-corrected chi connectivity index (χ4v) is 9.57. The Morgan fingerprint density at radius 1 is 0.595 bits per heavy atom. The molecule has 0 amide bonds. The monoisotopic (exact) mass is 582 g/mol. The van der Waals surface area contributed by atoms with Crippen molar-refractivity contribution in [3.8, 4) is 0 Å². The average Bonchev–Trinajstić information content (AvgIpc) is 3.33. The number of aryl methyl sites for hydroxylation is 2. The second-order valence-electron chi connectivity index (χ2n) is 8.21. The van der Waals surface area contributed by atoms with Gasteiger partial charge in [0.05, 0.1) is 11.4 Å². The first-order valence-electron chi connectivity index (χ1n) is 10.6. The highest BCUT2D eigenvalue weighted by atomic mass is 32.3. The van der Waals surface area contributed by atoms with Crippen LogP contribution in [0.25, 0.3) is 20.2 Å². The lowest BCUT2D eigenvalue weighted by atomic mass is 10.2. The molecule has 5 rings (SSSR count). The van der Waals surface area contributed by atoms with Crippen LogP contribution >= 0.6 is 22.7 Å². The van der Waals surface area contributed by atoms with Crippen LogP contribution in [0.15, 0.2) is 63.0 Å². The predicted octanol–water partition coefficient (Wildman–Crippen LogP) is 6.75. The minimum Gasteiger partial charge on any atom is -0.277 e. The fourth-order valence-electron chi connectivity index (χ4n) is 3.93. The van der Waals surface area contributed by atoms with Gasteiger partial charge >= 0.3 is 0 Å². The van der Waals surface area contributed by atoms with Crippen molar-refractivity contribution < 1.29 is 30.0 Å². The van der Waals surface area contributed by atoms with Gasteiger partial charge in [0.25, 0.3) is 20.0 Å². The van der Waals surface area contributed by atoms with E-state index in [2.05, 4.69) is 9.44 Å². The van der Waals surface area contributed by atoms with E-state index in [0.29, 0.717) is 31.3 Å². The predicted molar refractivity (Wildman–Crippen MR) is 141 cm³/mol. The standard InChI is InChI=1S/C24H17F3N2O4S4/c1-12-17-9-14(25)4-7-21(17)34-23(12)36(30,31)28-19-6-3-16(27)11-20(19)29-37(32,33)24-13(2)18-10-15(26)5-8-22(18)35-24/h3-11,28-29H,1-2H3. The first kappa shape index (κ1) is 25.5. The van der Waals surface area contributed by atoms with E-state index in [4.69, 9.17) is 0 Å². The van der Waals surface area contributed by atoms with E-state index in [1.54, 1.807) is 0 Å². The Kier molecular flexibility index (Phi) is 6.21. The molecule has 0 saturated carbocycles. The van der Waals surface area contributed by atoms with Gasteiger partial charge in [-0.1, -0.05) is 0 Å². The smallest absolute Gasteiger partial charge is 0.271 e. The maximum absolute atomic E-state index is 14.1. The summed E-state index contributed by atoms with van der Waals surface area (Å²) in [5, 5.41) is 0.851. The first-order valence-corrected chi connectivity index (χ1v) is 15.2. The maximum Gasteiger partial charge on any atom is 0.271 e. The van der Waals surface area contributed by atoms with Crippen molar-refractivity contribution in [1.82, 2.24) is 0 Å². The molecular weight excluding hydrogens is 566 g/mol. The van der Waals surface area contributed by atoms with Crippen molar-refractivity contribution in [3.05, 3.63) is 83.2 Å². The van der Waals surface area contributed by atoms with Crippen molar-refractivity contribution >= 4 is 74.3 Å². The third-order valence-corrected chi connectivity index (χ3v) is 12.2. The van der Waals surface area contributed by atoms with Gasteiger partial charge in [-0.2, -0.15) is 0 Å². The molecule has 37 heavy (non-hydrogen) atoms. The van der Waals surface area contributed by atoms with Gasteiger partial charge in [-0.3, -0.25) is 9.44 Å². The summed E-state index contributed by atoms with van der Waals surface area (Å²) in [6.07, 6.45) is 0. The van der Waals surface area contributed by atoms with E-state index in [0.717, 1.165) is 40.9 Å². The maximum atomic E-state index is 14.1. The molecule has 6 nitrogen and oxygen atoms in total. The Bertz CT molecular complexity index is 1930. The van der Waals surface area contributed by atoms with Crippen molar-refractivity contribution in [2.45, 2.75) is 22.3 Å². The lowest BCUT2D eigenvalue weighted by Crippen LogP contribution is -2.17. The normalized spacial score (nSPS) is 12.4. The Morgan fingerprint density at radius 2 is 1.00 bits per heavy atom. The molecule has 0 aliphatic carbocycles. The Labute approximate surface area is 218 Å². The van der Waals surface area contributed by atoms with Crippen molar-refractivity contribution in [3.63, 3.8) is 0 Å². The molecule has 0 atom stereocenters. The van der Waals surface area contributed by atoms with Crippen molar-refractivity contribution in [2.24, 2.45) is 0 Å². The van der Waals surface area contributed by atoms with Crippen LogP contribution in [-0.4, -0.2) is 16.8 Å². The Morgan fingerprint density at radius 3 is 1.49 bits per heavy atom. The molecule has 0 unspecified atom stereocenters. The lowest BCUT2D eigenvalue weighted by Gasteiger charge is -2.14. The van der Waals surface area contributed by atoms with Crippen molar-refractivity contribution in [1.29, 1.82) is 0 Å². The molecule has 0 fully saturated rings. The number of fused-ring (bicyclic) bond motifs is 2. The summed E-state index contributed by atoms with van der Waals surface area (Å²) in [4.78, 5) is 0. The van der Waals surface area contributed by atoms with Gasteiger partial charge in [-0.05, 0) is 84.3 Å². The number of sulfonamides is 2. The van der Waals surface area contributed by atoms with Crippen LogP contribution in [0, 0.1) is 31.3 Å². The number of nitrogens with one attached hydrogen (secondary N) is 2. The van der Waals surface area contributed by atoms with Crippen LogP contribution in [-0.2, 0) is 20.0 Å². The van der Waals surface area contributed by atoms with E-state index in [9.17, 15) is 30.0 Å². The minimum atomic E-state index is -4.31. The molecule has 192 valence electrons. The van der Waals surface area contributed by atoms with E-state index < -0.39 is 37.5 Å². The van der Waals surface area contributed by atoms with Crippen molar-refractivity contribution in [2.75, 3.05) is 9.44 Å². The minimum absolute atomic E-state index is 0.0893. The molecule has 5 aromatic rings. The van der Waals surface area contributed by atoms with E-state index in [1.807, 2.05) is 0 Å². The number of benzene rings is 3. The van der Waals surface area contributed by atoms with Gasteiger partial charge in [0.1, 0.15) is 25.9 Å². The first-order chi connectivity index (χ1) is 17.4. The molecular formula is C24H17F3N2O4S4. The summed E-state index contributed by atoms with van der Waals surface area (Å²) < 4.78 is 100.0. The highest BCUT2D eigenvalue weighted by molar-refractivity contribution is 7.95. The largest absolute Gasteiger partial charge is 0.277 e. The molecule has 0 spiro atoms. The summed E-state index contributed by atoms with van der Waals surface area (Å²) in [5.41, 5.74) is 0.0808. The number of anilines is 2. The summed E-state index contributed by atoms with van der Waals surface area (Å²) in [6, 6.07) is 10.8. The van der Waals surface area contributed by atoms with Gasteiger partial charge < -0.3 is 0 Å². The fraction of sp³-hybridized carbons (Fsp3) is 0.0833. The second-order valence-corrected chi connectivity index (χ2v) is 14.1. The zero-order valence-corrected chi connectivity index (χ0v) is 22.4. The average molecular weight is 583 g/mol.